The fourth-order valence-corrected chi connectivity index (χ4v) is 3.13. The molecule has 0 saturated carbocycles. The Bertz CT molecular complexity index is 867. The summed E-state index contributed by atoms with van der Waals surface area (Å²) in [6.07, 6.45) is 1.75. The van der Waals surface area contributed by atoms with Gasteiger partial charge >= 0.3 is 0 Å². The van der Waals surface area contributed by atoms with E-state index in [9.17, 15) is 0 Å². The molecule has 3 N–H and O–H groups in total. The van der Waals surface area contributed by atoms with Gasteiger partial charge in [-0.15, -0.1) is 0 Å². The fourth-order valence-electron chi connectivity index (χ4n) is 2.91. The minimum Gasteiger partial charge on any atom is -0.398 e. The number of nitrogens with zero attached hydrogens (tertiary/aromatic N) is 2. The Labute approximate surface area is 140 Å². The molecule has 2 heterocycles. The largest absolute Gasteiger partial charge is 0.398 e. The molecule has 23 heavy (non-hydrogen) atoms. The van der Waals surface area contributed by atoms with Gasteiger partial charge in [0.05, 0.1) is 0 Å². The molecule has 0 aliphatic carbocycles. The Morgan fingerprint density at radius 2 is 1.91 bits per heavy atom. The summed E-state index contributed by atoms with van der Waals surface area (Å²) in [5, 5.41) is 5.87. The Balaban J connectivity index is 1.97. The van der Waals surface area contributed by atoms with E-state index >= 15 is 0 Å². The normalized spacial score (nSPS) is 11.0. The summed E-state index contributed by atoms with van der Waals surface area (Å²) in [6.45, 7) is 6.80. The van der Waals surface area contributed by atoms with Gasteiger partial charge in [0.15, 0.2) is 0 Å². The van der Waals surface area contributed by atoms with Crippen molar-refractivity contribution in [2.24, 2.45) is 0 Å². The summed E-state index contributed by atoms with van der Waals surface area (Å²) < 4.78 is 0. The number of pyridine rings is 2. The van der Waals surface area contributed by atoms with Crippen LogP contribution in [-0.2, 0) is 6.54 Å². The number of halogens is 1. The molecule has 1 aromatic carbocycles. The first-order valence-electron chi connectivity index (χ1n) is 7.47. The van der Waals surface area contributed by atoms with Gasteiger partial charge in [-0.3, -0.25) is 4.98 Å². The first-order valence-corrected chi connectivity index (χ1v) is 7.85. The van der Waals surface area contributed by atoms with E-state index < -0.39 is 0 Å². The molecular formula is C18H19ClN4. The van der Waals surface area contributed by atoms with Crippen LogP contribution in [0.25, 0.3) is 10.8 Å². The number of hydrogen-bond donors (Lipinski definition) is 2. The highest BCUT2D eigenvalue weighted by Crippen LogP contribution is 2.30. The second-order valence-electron chi connectivity index (χ2n) is 5.75. The highest BCUT2D eigenvalue weighted by Gasteiger charge is 2.09. The zero-order valence-electron chi connectivity index (χ0n) is 13.4. The van der Waals surface area contributed by atoms with Crippen LogP contribution in [0.2, 0.25) is 5.02 Å². The number of fused-ring (bicyclic) bond motifs is 1. The van der Waals surface area contributed by atoms with Crippen molar-refractivity contribution in [3.63, 3.8) is 0 Å². The van der Waals surface area contributed by atoms with Crippen LogP contribution in [0.1, 0.15) is 22.5 Å². The van der Waals surface area contributed by atoms with E-state index in [-0.39, 0.29) is 0 Å². The Morgan fingerprint density at radius 3 is 2.65 bits per heavy atom. The van der Waals surface area contributed by atoms with Gasteiger partial charge < -0.3 is 11.1 Å². The zero-order chi connectivity index (χ0) is 16.6. The van der Waals surface area contributed by atoms with Crippen molar-refractivity contribution in [3.8, 4) is 0 Å². The van der Waals surface area contributed by atoms with Crippen molar-refractivity contribution >= 4 is 33.9 Å². The molecule has 0 amide bonds. The topological polar surface area (TPSA) is 63.8 Å². The van der Waals surface area contributed by atoms with Crippen LogP contribution in [-0.4, -0.2) is 9.97 Å². The van der Waals surface area contributed by atoms with Crippen molar-refractivity contribution in [1.29, 1.82) is 0 Å². The van der Waals surface area contributed by atoms with Crippen molar-refractivity contribution in [2.45, 2.75) is 27.3 Å². The number of nitrogens with two attached hydrogens (primary N) is 1. The first kappa shape index (κ1) is 15.6. The molecule has 3 aromatic rings. The molecule has 0 fully saturated rings. The molecule has 118 valence electrons. The molecule has 5 heteroatoms. The maximum absolute atomic E-state index is 6.14. The molecule has 0 unspecified atom stereocenters. The first-order chi connectivity index (χ1) is 11.0. The van der Waals surface area contributed by atoms with Crippen molar-refractivity contribution < 1.29 is 0 Å². The highest BCUT2D eigenvalue weighted by atomic mass is 35.5. The number of aromatic nitrogens is 2. The van der Waals surface area contributed by atoms with Gasteiger partial charge in [-0.1, -0.05) is 11.6 Å². The van der Waals surface area contributed by atoms with Crippen molar-refractivity contribution in [2.75, 3.05) is 11.1 Å². The third-order valence-electron chi connectivity index (χ3n) is 3.99. The quantitative estimate of drug-likeness (QED) is 0.700. The monoisotopic (exact) mass is 326 g/mol. The molecule has 4 nitrogen and oxygen atoms in total. The Kier molecular flexibility index (Phi) is 4.09. The maximum atomic E-state index is 6.14. The number of benzene rings is 1. The van der Waals surface area contributed by atoms with Crippen LogP contribution in [0.4, 0.5) is 11.5 Å². The lowest BCUT2D eigenvalue weighted by Gasteiger charge is -2.14. The maximum Gasteiger partial charge on any atom is 0.134 e. The van der Waals surface area contributed by atoms with Crippen LogP contribution in [0.3, 0.4) is 0 Å². The number of aryl methyl sites for hydroxylation is 3. The number of nitrogens with one attached hydrogen (secondary N) is 1. The molecule has 0 atom stereocenters. The molecule has 3 rings (SSSR count). The number of rotatable bonds is 3. The lowest BCUT2D eigenvalue weighted by atomic mass is 10.1. The van der Waals surface area contributed by atoms with Crippen LogP contribution in [0.15, 0.2) is 30.5 Å². The molecule has 0 saturated heterocycles. The van der Waals surface area contributed by atoms with Crippen LogP contribution >= 0.6 is 11.6 Å². The SMILES string of the molecule is Cc1cc(C)c(CNc2nccc3c(N)cc(Cl)cc23)c(C)n1. The van der Waals surface area contributed by atoms with E-state index in [0.29, 0.717) is 17.3 Å². The van der Waals surface area contributed by atoms with Crippen LogP contribution in [0, 0.1) is 20.8 Å². The second-order valence-corrected chi connectivity index (χ2v) is 6.18. The summed E-state index contributed by atoms with van der Waals surface area (Å²) in [4.78, 5) is 8.97. The lowest BCUT2D eigenvalue weighted by molar-refractivity contribution is 0.998. The van der Waals surface area contributed by atoms with E-state index in [1.165, 1.54) is 11.1 Å². The van der Waals surface area contributed by atoms with Crippen molar-refractivity contribution in [1.82, 2.24) is 9.97 Å². The number of nitrogen functional groups attached to an aromatic ring is 1. The molecule has 0 aliphatic rings. The van der Waals surface area contributed by atoms with Gasteiger partial charge in [-0.25, -0.2) is 4.98 Å². The van der Waals surface area contributed by atoms with Gasteiger partial charge in [0.2, 0.25) is 0 Å². The Morgan fingerprint density at radius 1 is 1.13 bits per heavy atom. The molecule has 0 spiro atoms. The fraction of sp³-hybridized carbons (Fsp3) is 0.222. The summed E-state index contributed by atoms with van der Waals surface area (Å²) in [7, 11) is 0. The van der Waals surface area contributed by atoms with Gasteiger partial charge in [0.1, 0.15) is 5.82 Å². The molecule has 0 aliphatic heterocycles. The minimum atomic E-state index is 0.607. The summed E-state index contributed by atoms with van der Waals surface area (Å²) in [5.41, 5.74) is 11.2. The molecule has 0 radical (unpaired) electrons. The van der Waals surface area contributed by atoms with Crippen LogP contribution in [0.5, 0.6) is 0 Å². The third kappa shape index (κ3) is 3.08. The highest BCUT2D eigenvalue weighted by molar-refractivity contribution is 6.32. The van der Waals surface area contributed by atoms with Gasteiger partial charge in [0.25, 0.3) is 0 Å². The van der Waals surface area contributed by atoms with Gasteiger partial charge in [-0.05, 0) is 56.2 Å². The molecular weight excluding hydrogens is 308 g/mol. The standard InChI is InChI=1S/C18H19ClN4/c1-10-6-11(2)23-12(3)16(10)9-22-18-15-7-13(19)8-17(20)14(15)4-5-21-18/h4-8H,9,20H2,1-3H3,(H,21,22). The molecule has 2 aromatic heterocycles. The zero-order valence-corrected chi connectivity index (χ0v) is 14.2. The minimum absolute atomic E-state index is 0.607. The van der Waals surface area contributed by atoms with E-state index in [1.807, 2.05) is 26.0 Å². The number of hydrogen-bond acceptors (Lipinski definition) is 4. The number of anilines is 2. The Hall–Kier alpha value is -2.33. The average molecular weight is 327 g/mol. The van der Waals surface area contributed by atoms with Crippen LogP contribution < -0.4 is 11.1 Å². The summed E-state index contributed by atoms with van der Waals surface area (Å²) >= 11 is 6.14. The second kappa shape index (κ2) is 6.05. The summed E-state index contributed by atoms with van der Waals surface area (Å²) in [6, 6.07) is 7.63. The predicted molar refractivity (Wildman–Crippen MR) is 96.9 cm³/mol. The van der Waals surface area contributed by atoms with Gasteiger partial charge in [0, 0.05) is 45.6 Å². The third-order valence-corrected chi connectivity index (χ3v) is 4.21. The van der Waals surface area contributed by atoms with Gasteiger partial charge in [-0.2, -0.15) is 0 Å². The summed E-state index contributed by atoms with van der Waals surface area (Å²) in [5.74, 6) is 0.774. The predicted octanol–water partition coefficient (Wildman–Crippen LogP) is 4.40. The van der Waals surface area contributed by atoms with E-state index in [0.717, 1.165) is 28.0 Å². The molecule has 0 bridgehead atoms. The average Bonchev–Trinajstić information content (AvgIpc) is 2.46. The smallest absolute Gasteiger partial charge is 0.134 e. The lowest BCUT2D eigenvalue weighted by Crippen LogP contribution is -2.07. The van der Waals surface area contributed by atoms with Crippen molar-refractivity contribution in [3.05, 3.63) is 58.0 Å². The van der Waals surface area contributed by atoms with E-state index in [1.54, 1.807) is 12.3 Å². The van der Waals surface area contributed by atoms with E-state index in [4.69, 9.17) is 17.3 Å². The van der Waals surface area contributed by atoms with E-state index in [2.05, 4.69) is 28.3 Å².